The average Bonchev–Trinajstić information content (AvgIpc) is 1.75. The van der Waals surface area contributed by atoms with E-state index in [1.165, 1.54) is 26.0 Å². The minimum absolute atomic E-state index is 0. The molecule has 0 spiro atoms. The second-order valence-electron chi connectivity index (χ2n) is 21.9. The highest BCUT2D eigenvalue weighted by Crippen LogP contribution is 2.28. The number of ketones is 2. The third kappa shape index (κ3) is 24.8. The number of nitro groups is 1. The van der Waals surface area contributed by atoms with Crippen LogP contribution in [0.1, 0.15) is 63.6 Å². The first-order chi connectivity index (χ1) is 43.4. The number of amides is 8. The van der Waals surface area contributed by atoms with Gasteiger partial charge in [0, 0.05) is 37.8 Å². The lowest BCUT2D eigenvalue weighted by atomic mass is 9.92. The van der Waals surface area contributed by atoms with Gasteiger partial charge in [0.1, 0.15) is 36.8 Å². The van der Waals surface area contributed by atoms with Crippen LogP contribution in [-0.4, -0.2) is 243 Å². The Bertz CT molecular complexity index is 2930. The maximum Gasteiger partial charge on any atom is 0.300 e. The van der Waals surface area contributed by atoms with Crippen LogP contribution in [0.15, 0.2) is 47.1 Å². The van der Waals surface area contributed by atoms with E-state index in [9.17, 15) is 68.3 Å². The molecule has 2 heterocycles. The molecular formula is C56H96N18O17. The number of hydrogen-bond acceptors (Lipinski definition) is 26. The van der Waals surface area contributed by atoms with E-state index in [4.69, 9.17) is 32.4 Å². The zero-order chi connectivity index (χ0) is 67.2. The van der Waals surface area contributed by atoms with Crippen LogP contribution in [0.2, 0.25) is 0 Å². The number of nitrogens with one attached hydrogen (secondary N) is 10. The fourth-order valence-corrected chi connectivity index (χ4v) is 9.50. The van der Waals surface area contributed by atoms with Crippen LogP contribution < -0.4 is 76.1 Å². The Morgan fingerprint density at radius 3 is 2.04 bits per heavy atom. The van der Waals surface area contributed by atoms with Crippen molar-refractivity contribution in [2.75, 3.05) is 98.2 Å². The van der Waals surface area contributed by atoms with Gasteiger partial charge in [-0.15, -0.1) is 0 Å². The predicted octanol–water partition coefficient (Wildman–Crippen LogP) is -5.46. The molecule has 0 bridgehead atoms. The van der Waals surface area contributed by atoms with Gasteiger partial charge in [-0.2, -0.15) is 0 Å². The van der Waals surface area contributed by atoms with Crippen LogP contribution in [0.3, 0.4) is 0 Å². The summed E-state index contributed by atoms with van der Waals surface area (Å²) in [4.78, 5) is 152. The van der Waals surface area contributed by atoms with Crippen LogP contribution in [0.25, 0.3) is 11.0 Å². The number of nitrogens with zero attached hydrogens (tertiary/aromatic N) is 4. The standard InChI is InChI=1S/C56H88N18O17.4H2/c1-31(75)46-55(85)62-21-16-40(66-52(82)39(15-20-60)67-56(86)47(32(2)76)69-45(79)30-90-25-24-89-23-22-61-36-10-11-42(74(87)88)49-48(36)71-91-72-49)54(84)65-38(14-19-59)53(83)68-41(26-33-8-6-5-7-9-33)43(77)27-34(29-73(3)4)50(80)64-35(12-17-57)44(78)28-63-37(13-18-58)51(81)70-46;;;;/h5-11,31-32,34-35,37-41,46-47,61,63,75-76H,12-30,57-60H2,1-4H3,(H,62,85)(H,64,80)(H,65,84)(H,66,82)(H,67,86)(H,68,83)(H,69,79)(H,70,81);4*1H/t31-,32+,34+,35-,37-,38+,39-,40?,41+,46+,47-;;;;/m0..../s1. The molecule has 512 valence electrons. The van der Waals surface area contributed by atoms with Gasteiger partial charge in [-0.05, 0) is 115 Å². The number of hydrogen-bond donors (Lipinski definition) is 16. The summed E-state index contributed by atoms with van der Waals surface area (Å²) in [6.07, 6.45) is -4.66. The smallest absolute Gasteiger partial charge is 0.300 e. The molecule has 35 heteroatoms. The third-order valence-electron chi connectivity index (χ3n) is 14.3. The van der Waals surface area contributed by atoms with Crippen molar-refractivity contribution in [1.29, 1.82) is 0 Å². The summed E-state index contributed by atoms with van der Waals surface area (Å²) in [5.41, 5.74) is 24.4. The van der Waals surface area contributed by atoms with Gasteiger partial charge in [0.25, 0.3) is 0 Å². The summed E-state index contributed by atoms with van der Waals surface area (Å²) in [6.45, 7) is 0.582. The SMILES string of the molecule is C[C@H](O)[C@H]1NC(=O)[C@H](CCN)NCC(=O)[C@H](CCN)NC(=O)[C@@H](CN(C)C)CC(=O)[C@@H](Cc2ccccc2)NC(=O)[C@@H](CCN)NC(=O)C(NC(=O)[C@H](CCN)NC(=O)[C@@H](NC(=O)COCCOCCNc2ccc([N+](=O)[O-])c3nonc23)[C@@H](C)O)CCNC1=O.[HH].[HH].[HH].[HH]. The molecule has 2 aromatic carbocycles. The Morgan fingerprint density at radius 1 is 0.758 bits per heavy atom. The number of Topliss-reactive ketones (excluding diaryl/α,β-unsaturated/α-hetero) is 2. The van der Waals surface area contributed by atoms with E-state index in [1.807, 2.05) is 0 Å². The summed E-state index contributed by atoms with van der Waals surface area (Å²) < 4.78 is 15.6. The molecule has 11 atom stereocenters. The molecule has 0 radical (unpaired) electrons. The first-order valence-corrected chi connectivity index (χ1v) is 29.7. The molecule has 1 aromatic heterocycles. The van der Waals surface area contributed by atoms with Gasteiger partial charge < -0.3 is 95.4 Å². The number of aromatic nitrogens is 2. The van der Waals surface area contributed by atoms with Crippen molar-refractivity contribution in [2.24, 2.45) is 28.9 Å². The molecule has 4 rings (SSSR count). The topological polar surface area (TPSA) is 539 Å². The van der Waals surface area contributed by atoms with E-state index in [1.54, 1.807) is 49.3 Å². The summed E-state index contributed by atoms with van der Waals surface area (Å²) in [5, 5.41) is 66.1. The van der Waals surface area contributed by atoms with E-state index in [-0.39, 0.29) is 114 Å². The van der Waals surface area contributed by atoms with Crippen molar-refractivity contribution in [3.8, 4) is 0 Å². The Morgan fingerprint density at radius 2 is 1.40 bits per heavy atom. The number of carbonyl (C=O) groups excluding carboxylic acids is 10. The van der Waals surface area contributed by atoms with Crippen molar-refractivity contribution in [1.82, 2.24) is 63.1 Å². The van der Waals surface area contributed by atoms with Gasteiger partial charge in [0.05, 0.1) is 73.2 Å². The summed E-state index contributed by atoms with van der Waals surface area (Å²) in [6, 6.07) is -0.441. The average molecular weight is 1290 g/mol. The van der Waals surface area contributed by atoms with Gasteiger partial charge in [-0.1, -0.05) is 30.3 Å². The van der Waals surface area contributed by atoms with Crippen molar-refractivity contribution < 1.29 is 82.9 Å². The lowest BCUT2D eigenvalue weighted by molar-refractivity contribution is -0.383. The largest absolute Gasteiger partial charge is 0.391 e. The van der Waals surface area contributed by atoms with Crippen LogP contribution in [0.5, 0.6) is 0 Å². The van der Waals surface area contributed by atoms with E-state index in [2.05, 4.69) is 68.1 Å². The number of rotatable bonds is 29. The number of carbonyl (C=O) groups is 10. The number of nitrogens with two attached hydrogens (primary N) is 4. The monoisotopic (exact) mass is 1290 g/mol. The van der Waals surface area contributed by atoms with Crippen molar-refractivity contribution in [3.05, 3.63) is 58.1 Å². The summed E-state index contributed by atoms with van der Waals surface area (Å²) in [7, 11) is 3.34. The van der Waals surface area contributed by atoms with Gasteiger partial charge in [-0.3, -0.25) is 63.4 Å². The molecule has 0 aliphatic carbocycles. The normalized spacial score (nSPS) is 21.8. The highest BCUT2D eigenvalue weighted by molar-refractivity contribution is 5.99. The minimum Gasteiger partial charge on any atom is -0.391 e. The number of nitro benzene ring substituents is 1. The molecule has 20 N–H and O–H groups in total. The van der Waals surface area contributed by atoms with Crippen molar-refractivity contribution >= 4 is 81.2 Å². The van der Waals surface area contributed by atoms with E-state index in [0.29, 0.717) is 11.3 Å². The van der Waals surface area contributed by atoms with Crippen LogP contribution in [-0.2, 0) is 63.8 Å². The first-order valence-electron chi connectivity index (χ1n) is 29.7. The second kappa shape index (κ2) is 39.1. The van der Waals surface area contributed by atoms with Gasteiger partial charge in [0.15, 0.2) is 17.1 Å². The zero-order valence-electron chi connectivity index (χ0n) is 51.4. The lowest BCUT2D eigenvalue weighted by Gasteiger charge is -2.29. The Balaban J connectivity index is 0.0000221. The Labute approximate surface area is 530 Å². The molecule has 1 saturated heterocycles. The van der Waals surface area contributed by atoms with E-state index < -0.39 is 163 Å². The summed E-state index contributed by atoms with van der Waals surface area (Å²) >= 11 is 0. The molecule has 91 heavy (non-hydrogen) atoms. The molecule has 1 aliphatic heterocycles. The van der Waals surface area contributed by atoms with Crippen LogP contribution in [0.4, 0.5) is 11.4 Å². The number of aliphatic hydroxyl groups excluding tert-OH is 2. The highest BCUT2D eigenvalue weighted by Gasteiger charge is 2.37. The molecule has 1 aliphatic rings. The minimum atomic E-state index is -1.67. The molecular weight excluding hydrogens is 1200 g/mol. The number of aliphatic hydroxyl groups is 2. The lowest BCUT2D eigenvalue weighted by Crippen LogP contribution is -2.61. The predicted molar refractivity (Wildman–Crippen MR) is 335 cm³/mol. The van der Waals surface area contributed by atoms with Crippen molar-refractivity contribution in [3.63, 3.8) is 0 Å². The zero-order valence-corrected chi connectivity index (χ0v) is 51.4. The molecule has 0 saturated carbocycles. The molecule has 1 fully saturated rings. The van der Waals surface area contributed by atoms with Gasteiger partial charge in [-0.25, -0.2) is 4.63 Å². The van der Waals surface area contributed by atoms with Crippen molar-refractivity contribution in [2.45, 2.75) is 119 Å². The quantitative estimate of drug-likeness (QED) is 0.0175. The number of anilines is 1. The number of non-ortho nitro benzene ring substituents is 1. The third-order valence-corrected chi connectivity index (χ3v) is 14.3. The number of fused-ring (bicyclic) bond motifs is 1. The Hall–Kier alpha value is -8.26. The van der Waals surface area contributed by atoms with Crippen LogP contribution >= 0.6 is 0 Å². The molecule has 3 aromatic rings. The molecule has 1 unspecified atom stereocenters. The maximum atomic E-state index is 14.5. The van der Waals surface area contributed by atoms with Gasteiger partial charge >= 0.3 is 5.69 Å². The first kappa shape index (κ1) is 75.2. The molecule has 8 amide bonds. The van der Waals surface area contributed by atoms with Gasteiger partial charge in [0.2, 0.25) is 52.8 Å². The fraction of sp³-hybridized carbons (Fsp3) is 0.607. The van der Waals surface area contributed by atoms with E-state index in [0.717, 1.165) is 0 Å². The van der Waals surface area contributed by atoms with E-state index >= 15 is 0 Å². The fourth-order valence-electron chi connectivity index (χ4n) is 9.50. The number of benzene rings is 2. The Kier molecular flexibility index (Phi) is 32.3. The molecule has 35 nitrogen and oxygen atoms in total. The summed E-state index contributed by atoms with van der Waals surface area (Å²) in [5.74, 6) is -9.64. The highest BCUT2D eigenvalue weighted by atomic mass is 16.6. The second-order valence-corrected chi connectivity index (χ2v) is 21.9. The van der Waals surface area contributed by atoms with Crippen LogP contribution in [0, 0.1) is 16.0 Å². The maximum absolute atomic E-state index is 14.5. The number of ether oxygens (including phenoxy) is 2.